The lowest BCUT2D eigenvalue weighted by Gasteiger charge is -2.07. The van der Waals surface area contributed by atoms with Crippen molar-refractivity contribution in [2.24, 2.45) is 0 Å². The molecule has 1 heterocycles. The van der Waals surface area contributed by atoms with Crippen LogP contribution in [0.25, 0.3) is 0 Å². The number of pyridine rings is 1. The highest BCUT2D eigenvalue weighted by molar-refractivity contribution is 6.02. The Kier molecular flexibility index (Phi) is 4.24. The van der Waals surface area contributed by atoms with Gasteiger partial charge in [0.15, 0.2) is 0 Å². The lowest BCUT2D eigenvalue weighted by atomic mass is 10.2. The van der Waals surface area contributed by atoms with Gasteiger partial charge in [-0.3, -0.25) is 4.79 Å². The van der Waals surface area contributed by atoms with E-state index in [2.05, 4.69) is 15.0 Å². The Morgan fingerprint density at radius 1 is 1.20 bits per heavy atom. The minimum atomic E-state index is -2.87. The molecule has 4 nitrogen and oxygen atoms in total. The summed E-state index contributed by atoms with van der Waals surface area (Å²) in [5.74, 6) is -0.331. The predicted molar refractivity (Wildman–Crippen MR) is 70.0 cm³/mol. The van der Waals surface area contributed by atoms with Gasteiger partial charge in [0, 0.05) is 11.4 Å². The van der Waals surface area contributed by atoms with E-state index in [0.29, 0.717) is 5.69 Å². The smallest absolute Gasteiger partial charge is 0.387 e. The van der Waals surface area contributed by atoms with Crippen LogP contribution >= 0.6 is 0 Å². The molecule has 0 bridgehead atoms. The molecule has 0 fully saturated rings. The molecule has 1 aromatic carbocycles. The molecule has 2 aromatic rings. The first-order valence-electron chi connectivity index (χ1n) is 5.84. The number of rotatable bonds is 4. The number of hydrogen-bond donors (Lipinski definition) is 1. The van der Waals surface area contributed by atoms with Gasteiger partial charge in [-0.15, -0.1) is 0 Å². The molecule has 0 aliphatic heterocycles. The Hall–Kier alpha value is -2.50. The third-order valence-corrected chi connectivity index (χ3v) is 2.46. The van der Waals surface area contributed by atoms with Crippen LogP contribution in [-0.2, 0) is 0 Å². The summed E-state index contributed by atoms with van der Waals surface area (Å²) in [4.78, 5) is 16.0. The second-order valence-electron chi connectivity index (χ2n) is 4.02. The summed E-state index contributed by atoms with van der Waals surface area (Å²) in [5.41, 5.74) is 1.50. The summed E-state index contributed by atoms with van der Waals surface area (Å²) in [6.45, 7) is -1.08. The Balaban J connectivity index is 2.04. The van der Waals surface area contributed by atoms with Gasteiger partial charge in [-0.05, 0) is 43.3 Å². The average Bonchev–Trinajstić information content (AvgIpc) is 2.40. The van der Waals surface area contributed by atoms with Crippen LogP contribution in [0.3, 0.4) is 0 Å². The molecule has 0 saturated carbocycles. The van der Waals surface area contributed by atoms with E-state index in [-0.39, 0.29) is 17.4 Å². The SMILES string of the molecule is Cc1cccc(C(=O)Nc2ccc(OC(F)F)cc2)n1. The van der Waals surface area contributed by atoms with Crippen LogP contribution in [0.2, 0.25) is 0 Å². The van der Waals surface area contributed by atoms with Crippen molar-refractivity contribution in [2.75, 3.05) is 5.32 Å². The van der Waals surface area contributed by atoms with Crippen LogP contribution in [-0.4, -0.2) is 17.5 Å². The average molecular weight is 278 g/mol. The normalized spacial score (nSPS) is 10.4. The number of alkyl halides is 2. The molecule has 1 N–H and O–H groups in total. The Morgan fingerprint density at radius 3 is 2.50 bits per heavy atom. The van der Waals surface area contributed by atoms with Crippen LogP contribution in [0.1, 0.15) is 16.2 Å². The standard InChI is InChI=1S/C14H12F2N2O2/c1-9-3-2-4-12(17-9)13(19)18-10-5-7-11(8-6-10)20-14(15)16/h2-8,14H,1H3,(H,18,19). The number of aromatic nitrogens is 1. The molecular formula is C14H12F2N2O2. The molecule has 104 valence electrons. The zero-order chi connectivity index (χ0) is 14.5. The lowest BCUT2D eigenvalue weighted by molar-refractivity contribution is -0.0498. The minimum absolute atomic E-state index is 0.0340. The Bertz CT molecular complexity index is 600. The maximum absolute atomic E-state index is 12.0. The molecule has 0 unspecified atom stereocenters. The van der Waals surface area contributed by atoms with Crippen LogP contribution in [0.4, 0.5) is 14.5 Å². The summed E-state index contributed by atoms with van der Waals surface area (Å²) < 4.78 is 28.2. The number of nitrogens with zero attached hydrogens (tertiary/aromatic N) is 1. The van der Waals surface area contributed by atoms with E-state index in [9.17, 15) is 13.6 Å². The molecule has 0 aliphatic carbocycles. The number of carbonyl (C=O) groups is 1. The monoisotopic (exact) mass is 278 g/mol. The zero-order valence-corrected chi connectivity index (χ0v) is 10.6. The molecular weight excluding hydrogens is 266 g/mol. The first-order valence-corrected chi connectivity index (χ1v) is 5.84. The predicted octanol–water partition coefficient (Wildman–Crippen LogP) is 3.24. The van der Waals surface area contributed by atoms with E-state index in [4.69, 9.17) is 0 Å². The second-order valence-corrected chi connectivity index (χ2v) is 4.02. The van der Waals surface area contributed by atoms with Crippen molar-refractivity contribution in [2.45, 2.75) is 13.5 Å². The molecule has 0 aliphatic rings. The van der Waals surface area contributed by atoms with Crippen molar-refractivity contribution in [1.29, 1.82) is 0 Å². The summed E-state index contributed by atoms with van der Waals surface area (Å²) >= 11 is 0. The first kappa shape index (κ1) is 13.9. The lowest BCUT2D eigenvalue weighted by Crippen LogP contribution is -2.13. The van der Waals surface area contributed by atoms with Gasteiger partial charge in [0.2, 0.25) is 0 Å². The van der Waals surface area contributed by atoms with Crippen molar-refractivity contribution in [3.8, 4) is 5.75 Å². The fourth-order valence-corrected chi connectivity index (χ4v) is 1.58. The number of anilines is 1. The molecule has 20 heavy (non-hydrogen) atoms. The summed E-state index contributed by atoms with van der Waals surface area (Å²) in [7, 11) is 0. The molecule has 0 spiro atoms. The molecule has 6 heteroatoms. The van der Waals surface area contributed by atoms with E-state index in [1.165, 1.54) is 24.3 Å². The maximum Gasteiger partial charge on any atom is 0.387 e. The second kappa shape index (κ2) is 6.10. The Labute approximate surface area is 114 Å². The van der Waals surface area contributed by atoms with Gasteiger partial charge >= 0.3 is 6.61 Å². The van der Waals surface area contributed by atoms with E-state index < -0.39 is 6.61 Å². The number of aryl methyl sites for hydroxylation is 1. The number of halogens is 2. The maximum atomic E-state index is 12.0. The van der Waals surface area contributed by atoms with Gasteiger partial charge in [0.1, 0.15) is 11.4 Å². The summed E-state index contributed by atoms with van der Waals surface area (Å²) in [6, 6.07) is 10.8. The highest BCUT2D eigenvalue weighted by Gasteiger charge is 2.08. The fourth-order valence-electron chi connectivity index (χ4n) is 1.58. The third kappa shape index (κ3) is 3.74. The quantitative estimate of drug-likeness (QED) is 0.934. The number of hydrogen-bond acceptors (Lipinski definition) is 3. The highest BCUT2D eigenvalue weighted by Crippen LogP contribution is 2.18. The van der Waals surface area contributed by atoms with Gasteiger partial charge < -0.3 is 10.1 Å². The van der Waals surface area contributed by atoms with Gasteiger partial charge in [-0.2, -0.15) is 8.78 Å². The minimum Gasteiger partial charge on any atom is -0.435 e. The van der Waals surface area contributed by atoms with Crippen molar-refractivity contribution >= 4 is 11.6 Å². The largest absolute Gasteiger partial charge is 0.435 e. The van der Waals surface area contributed by atoms with E-state index in [0.717, 1.165) is 5.69 Å². The summed E-state index contributed by atoms with van der Waals surface area (Å²) in [6.07, 6.45) is 0. The van der Waals surface area contributed by atoms with Gasteiger partial charge in [-0.1, -0.05) is 6.07 Å². The van der Waals surface area contributed by atoms with Crippen molar-refractivity contribution < 1.29 is 18.3 Å². The summed E-state index contributed by atoms with van der Waals surface area (Å²) in [5, 5.41) is 2.62. The van der Waals surface area contributed by atoms with Crippen LogP contribution < -0.4 is 10.1 Å². The number of nitrogens with one attached hydrogen (secondary N) is 1. The number of amides is 1. The van der Waals surface area contributed by atoms with Crippen LogP contribution in [0.15, 0.2) is 42.5 Å². The zero-order valence-electron chi connectivity index (χ0n) is 10.6. The fraction of sp³-hybridized carbons (Fsp3) is 0.143. The van der Waals surface area contributed by atoms with E-state index in [1.54, 1.807) is 25.1 Å². The van der Waals surface area contributed by atoms with Crippen molar-refractivity contribution in [1.82, 2.24) is 4.98 Å². The van der Waals surface area contributed by atoms with Crippen LogP contribution in [0, 0.1) is 6.92 Å². The van der Waals surface area contributed by atoms with E-state index in [1.807, 2.05) is 0 Å². The molecule has 0 radical (unpaired) electrons. The van der Waals surface area contributed by atoms with Gasteiger partial charge in [0.25, 0.3) is 5.91 Å². The number of benzene rings is 1. The molecule has 1 aromatic heterocycles. The topological polar surface area (TPSA) is 51.2 Å². The van der Waals surface area contributed by atoms with Crippen molar-refractivity contribution in [3.63, 3.8) is 0 Å². The molecule has 2 rings (SSSR count). The Morgan fingerprint density at radius 2 is 1.90 bits per heavy atom. The van der Waals surface area contributed by atoms with Crippen LogP contribution in [0.5, 0.6) is 5.75 Å². The number of ether oxygens (including phenoxy) is 1. The molecule has 0 atom stereocenters. The first-order chi connectivity index (χ1) is 9.54. The highest BCUT2D eigenvalue weighted by atomic mass is 19.3. The number of carbonyl (C=O) groups excluding carboxylic acids is 1. The molecule has 1 amide bonds. The molecule has 0 saturated heterocycles. The van der Waals surface area contributed by atoms with Crippen molar-refractivity contribution in [3.05, 3.63) is 53.9 Å². The third-order valence-electron chi connectivity index (χ3n) is 2.46. The van der Waals surface area contributed by atoms with Gasteiger partial charge in [-0.25, -0.2) is 4.98 Å². The van der Waals surface area contributed by atoms with Gasteiger partial charge in [0.05, 0.1) is 0 Å². The van der Waals surface area contributed by atoms with E-state index >= 15 is 0 Å².